The number of rotatable bonds is 3. The average Bonchev–Trinajstić information content (AvgIpc) is 3.16. The first kappa shape index (κ1) is 18.4. The van der Waals surface area contributed by atoms with E-state index in [0.717, 1.165) is 11.1 Å². The lowest BCUT2D eigenvalue weighted by molar-refractivity contribution is -0.132. The zero-order valence-electron chi connectivity index (χ0n) is 16.1. The highest BCUT2D eigenvalue weighted by Crippen LogP contribution is 2.24. The predicted octanol–water partition coefficient (Wildman–Crippen LogP) is 2.63. The Labute approximate surface area is 170 Å². The number of carbonyl (C=O) groups is 1. The first-order valence-electron chi connectivity index (χ1n) is 9.75. The molecular formula is C22H19FN4O3. The molecule has 30 heavy (non-hydrogen) atoms. The van der Waals surface area contributed by atoms with E-state index in [1.54, 1.807) is 23.1 Å². The summed E-state index contributed by atoms with van der Waals surface area (Å²) in [5.74, 6) is -0.416. The molecule has 1 aliphatic heterocycles. The molecule has 2 aromatic heterocycles. The molecule has 1 saturated heterocycles. The van der Waals surface area contributed by atoms with E-state index < -0.39 is 0 Å². The third-order valence-corrected chi connectivity index (χ3v) is 5.48. The summed E-state index contributed by atoms with van der Waals surface area (Å²) in [7, 11) is 0. The summed E-state index contributed by atoms with van der Waals surface area (Å²) in [6, 6.07) is 13.7. The van der Waals surface area contributed by atoms with Gasteiger partial charge in [-0.1, -0.05) is 12.1 Å². The maximum atomic E-state index is 13.1. The Balaban J connectivity index is 1.30. The molecule has 1 amide bonds. The molecule has 4 aromatic rings. The fourth-order valence-corrected chi connectivity index (χ4v) is 3.84. The van der Waals surface area contributed by atoms with Crippen LogP contribution in [-0.2, 0) is 11.3 Å². The van der Waals surface area contributed by atoms with Crippen molar-refractivity contribution in [3.63, 3.8) is 0 Å². The van der Waals surface area contributed by atoms with E-state index in [2.05, 4.69) is 9.88 Å². The molecule has 0 unspecified atom stereocenters. The number of nitrogens with zero attached hydrogens (tertiary/aromatic N) is 4. The molecule has 0 saturated carbocycles. The normalized spacial score (nSPS) is 14.6. The minimum atomic E-state index is -0.366. The van der Waals surface area contributed by atoms with Gasteiger partial charge in [0.2, 0.25) is 11.5 Å². The molecule has 3 heterocycles. The summed E-state index contributed by atoms with van der Waals surface area (Å²) in [6.45, 7) is 2.27. The molecule has 5 rings (SSSR count). The van der Waals surface area contributed by atoms with E-state index in [4.69, 9.17) is 4.42 Å². The largest absolute Gasteiger partial charge is 0.448 e. The fourth-order valence-electron chi connectivity index (χ4n) is 3.84. The Hall–Kier alpha value is -3.68. The average molecular weight is 406 g/mol. The first-order valence-corrected chi connectivity index (χ1v) is 9.75. The number of amides is 1. The Morgan fingerprint density at radius 1 is 1.03 bits per heavy atom. The number of furan rings is 1. The highest BCUT2D eigenvalue weighted by molar-refractivity contribution is 6.01. The van der Waals surface area contributed by atoms with Crippen LogP contribution in [0.1, 0.15) is 0 Å². The van der Waals surface area contributed by atoms with Gasteiger partial charge in [0.25, 0.3) is 5.56 Å². The third-order valence-electron chi connectivity index (χ3n) is 5.48. The van der Waals surface area contributed by atoms with Gasteiger partial charge in [0.1, 0.15) is 23.5 Å². The Morgan fingerprint density at radius 2 is 1.77 bits per heavy atom. The molecule has 8 heteroatoms. The summed E-state index contributed by atoms with van der Waals surface area (Å²) in [4.78, 5) is 33.7. The fraction of sp³-hybridized carbons (Fsp3) is 0.227. The second-order valence-corrected chi connectivity index (χ2v) is 7.30. The second kappa shape index (κ2) is 7.29. The first-order chi connectivity index (χ1) is 14.6. The van der Waals surface area contributed by atoms with Crippen molar-refractivity contribution in [2.75, 3.05) is 31.1 Å². The van der Waals surface area contributed by atoms with Crippen molar-refractivity contribution in [3.05, 3.63) is 71.0 Å². The number of halogens is 1. The van der Waals surface area contributed by atoms with Crippen molar-refractivity contribution in [3.8, 4) is 0 Å². The molecule has 1 aliphatic rings. The lowest BCUT2D eigenvalue weighted by atomic mass is 10.2. The van der Waals surface area contributed by atoms with Gasteiger partial charge in [-0.05, 0) is 36.4 Å². The maximum absolute atomic E-state index is 13.1. The topological polar surface area (TPSA) is 71.6 Å². The van der Waals surface area contributed by atoms with Gasteiger partial charge < -0.3 is 14.2 Å². The smallest absolute Gasteiger partial charge is 0.297 e. The van der Waals surface area contributed by atoms with Crippen LogP contribution in [0.25, 0.3) is 22.1 Å². The minimum Gasteiger partial charge on any atom is -0.448 e. The molecule has 0 bridgehead atoms. The molecule has 152 valence electrons. The molecule has 0 atom stereocenters. The van der Waals surface area contributed by atoms with Crippen LogP contribution in [0.5, 0.6) is 0 Å². The van der Waals surface area contributed by atoms with Crippen molar-refractivity contribution >= 4 is 33.7 Å². The quantitative estimate of drug-likeness (QED) is 0.523. The Kier molecular flexibility index (Phi) is 4.46. The monoisotopic (exact) mass is 406 g/mol. The van der Waals surface area contributed by atoms with Crippen molar-refractivity contribution < 1.29 is 13.6 Å². The van der Waals surface area contributed by atoms with Crippen LogP contribution in [-0.4, -0.2) is 46.5 Å². The summed E-state index contributed by atoms with van der Waals surface area (Å²) in [5, 5.41) is 0.778. The van der Waals surface area contributed by atoms with E-state index in [9.17, 15) is 14.0 Å². The van der Waals surface area contributed by atoms with E-state index in [1.165, 1.54) is 23.0 Å². The van der Waals surface area contributed by atoms with E-state index in [0.29, 0.717) is 37.3 Å². The summed E-state index contributed by atoms with van der Waals surface area (Å²) >= 11 is 0. The number of hydrogen-bond donors (Lipinski definition) is 0. The van der Waals surface area contributed by atoms with Gasteiger partial charge in [0.05, 0.1) is 6.33 Å². The van der Waals surface area contributed by atoms with Crippen LogP contribution in [0, 0.1) is 5.82 Å². The Morgan fingerprint density at radius 3 is 2.53 bits per heavy atom. The van der Waals surface area contributed by atoms with Crippen molar-refractivity contribution in [1.29, 1.82) is 0 Å². The van der Waals surface area contributed by atoms with Crippen LogP contribution in [0.2, 0.25) is 0 Å². The number of hydrogen-bond acceptors (Lipinski definition) is 5. The molecule has 0 spiro atoms. The SMILES string of the molecule is O=C(Cn1cnc2c(oc3ccccc32)c1=O)N1CCN(c2ccc(F)cc2)CC1. The van der Waals surface area contributed by atoms with Crippen LogP contribution in [0.3, 0.4) is 0 Å². The molecule has 2 aromatic carbocycles. The van der Waals surface area contributed by atoms with Crippen LogP contribution in [0.15, 0.2) is 64.1 Å². The highest BCUT2D eigenvalue weighted by Gasteiger charge is 2.22. The number of piperazine rings is 1. The molecule has 1 fully saturated rings. The van der Waals surface area contributed by atoms with Gasteiger partial charge in [0, 0.05) is 37.3 Å². The van der Waals surface area contributed by atoms with Gasteiger partial charge in [-0.25, -0.2) is 9.37 Å². The van der Waals surface area contributed by atoms with Crippen LogP contribution < -0.4 is 10.5 Å². The van der Waals surface area contributed by atoms with Crippen LogP contribution >= 0.6 is 0 Å². The number of aromatic nitrogens is 2. The van der Waals surface area contributed by atoms with Crippen LogP contribution in [0.4, 0.5) is 10.1 Å². The van der Waals surface area contributed by atoms with Crippen molar-refractivity contribution in [2.45, 2.75) is 6.54 Å². The minimum absolute atomic E-state index is 0.0879. The van der Waals surface area contributed by atoms with Gasteiger partial charge in [-0.3, -0.25) is 14.2 Å². The number of benzene rings is 2. The van der Waals surface area contributed by atoms with E-state index >= 15 is 0 Å². The Bertz CT molecular complexity index is 1290. The summed E-state index contributed by atoms with van der Waals surface area (Å²) in [6.07, 6.45) is 1.40. The predicted molar refractivity (Wildman–Crippen MR) is 111 cm³/mol. The zero-order valence-corrected chi connectivity index (χ0v) is 16.1. The molecule has 7 nitrogen and oxygen atoms in total. The lowest BCUT2D eigenvalue weighted by Gasteiger charge is -2.36. The second-order valence-electron chi connectivity index (χ2n) is 7.30. The van der Waals surface area contributed by atoms with E-state index in [-0.39, 0.29) is 29.4 Å². The molecule has 0 N–H and O–H groups in total. The number of carbonyl (C=O) groups excluding carboxylic acids is 1. The molecule has 0 aliphatic carbocycles. The number of para-hydroxylation sites is 1. The number of fused-ring (bicyclic) bond motifs is 3. The molecule has 0 radical (unpaired) electrons. The third kappa shape index (κ3) is 3.20. The summed E-state index contributed by atoms with van der Waals surface area (Å²) < 4.78 is 20.1. The summed E-state index contributed by atoms with van der Waals surface area (Å²) in [5.41, 5.74) is 1.83. The van der Waals surface area contributed by atoms with E-state index in [1.807, 2.05) is 18.2 Å². The van der Waals surface area contributed by atoms with Crippen molar-refractivity contribution in [2.24, 2.45) is 0 Å². The zero-order chi connectivity index (χ0) is 20.7. The molecular weight excluding hydrogens is 387 g/mol. The van der Waals surface area contributed by atoms with Gasteiger partial charge in [0.15, 0.2) is 0 Å². The van der Waals surface area contributed by atoms with Gasteiger partial charge >= 0.3 is 0 Å². The number of anilines is 1. The highest BCUT2D eigenvalue weighted by atomic mass is 19.1. The lowest BCUT2D eigenvalue weighted by Crippen LogP contribution is -2.50. The van der Waals surface area contributed by atoms with Gasteiger partial charge in [-0.15, -0.1) is 0 Å². The maximum Gasteiger partial charge on any atom is 0.297 e. The van der Waals surface area contributed by atoms with Crippen molar-refractivity contribution in [1.82, 2.24) is 14.5 Å². The van der Waals surface area contributed by atoms with Gasteiger partial charge in [-0.2, -0.15) is 0 Å². The standard InChI is InChI=1S/C22H19FN4O3/c23-15-5-7-16(8-6-15)25-9-11-26(12-10-25)19(28)13-27-14-24-20-17-3-1-2-4-18(17)30-21(20)22(27)29/h1-8,14H,9-13H2.